The van der Waals surface area contributed by atoms with Crippen molar-refractivity contribution in [1.82, 2.24) is 19.7 Å². The molecule has 0 aliphatic carbocycles. The number of halogens is 1. The van der Waals surface area contributed by atoms with Gasteiger partial charge in [0.05, 0.1) is 12.3 Å². The third-order valence-electron chi connectivity index (χ3n) is 6.42. The first-order valence-corrected chi connectivity index (χ1v) is 11.0. The molecular weight excluding hydrogens is 405 g/mol. The molecule has 1 atom stereocenters. The second-order valence-corrected chi connectivity index (χ2v) is 8.44. The first kappa shape index (κ1) is 19.3. The number of rotatable bonds is 5. The Morgan fingerprint density at radius 2 is 2.06 bits per heavy atom. The molecule has 1 fully saturated rings. The number of hydrogen-bond donors (Lipinski definition) is 2. The van der Waals surface area contributed by atoms with E-state index in [0.717, 1.165) is 46.7 Å². The van der Waals surface area contributed by atoms with Crippen LogP contribution in [0.25, 0.3) is 16.8 Å². The molecular formula is C25H24FN5O. The molecule has 0 amide bonds. The molecule has 2 aliphatic heterocycles. The van der Waals surface area contributed by atoms with Crippen molar-refractivity contribution in [1.29, 1.82) is 0 Å². The van der Waals surface area contributed by atoms with E-state index in [1.54, 1.807) is 6.07 Å². The molecule has 1 saturated heterocycles. The topological polar surface area (TPSA) is 63.5 Å². The molecule has 6 nitrogen and oxygen atoms in total. The number of aromatic nitrogens is 3. The van der Waals surface area contributed by atoms with Crippen molar-refractivity contribution in [2.24, 2.45) is 0 Å². The fourth-order valence-electron chi connectivity index (χ4n) is 4.57. The maximum atomic E-state index is 14.5. The van der Waals surface area contributed by atoms with Crippen LogP contribution in [0, 0.1) is 12.7 Å². The molecule has 6 rings (SSSR count). The molecule has 32 heavy (non-hydrogen) atoms. The molecule has 4 heterocycles. The maximum Gasteiger partial charge on any atom is 0.208 e. The van der Waals surface area contributed by atoms with Crippen LogP contribution < -0.4 is 15.4 Å². The van der Waals surface area contributed by atoms with Crippen LogP contribution in [-0.4, -0.2) is 27.5 Å². The molecule has 0 bridgehead atoms. The third-order valence-corrected chi connectivity index (χ3v) is 6.42. The van der Waals surface area contributed by atoms with Gasteiger partial charge in [-0.3, -0.25) is 4.40 Å². The highest BCUT2D eigenvalue weighted by Crippen LogP contribution is 2.32. The van der Waals surface area contributed by atoms with Crippen molar-refractivity contribution in [2.45, 2.75) is 32.4 Å². The van der Waals surface area contributed by atoms with Gasteiger partial charge in [-0.2, -0.15) is 0 Å². The van der Waals surface area contributed by atoms with E-state index in [4.69, 9.17) is 9.72 Å². The molecule has 0 radical (unpaired) electrons. The number of ether oxygens (including phenoxy) is 1. The van der Waals surface area contributed by atoms with Crippen LogP contribution in [0.4, 0.5) is 10.3 Å². The number of aryl methyl sites for hydroxylation is 1. The second kappa shape index (κ2) is 7.60. The van der Waals surface area contributed by atoms with Gasteiger partial charge in [-0.25, -0.2) is 14.4 Å². The fraction of sp³-hybridized carbons (Fsp3) is 0.280. The van der Waals surface area contributed by atoms with Crippen LogP contribution in [0.5, 0.6) is 5.75 Å². The van der Waals surface area contributed by atoms with E-state index in [2.05, 4.69) is 39.9 Å². The first-order valence-electron chi connectivity index (χ1n) is 11.0. The summed E-state index contributed by atoms with van der Waals surface area (Å²) in [6, 6.07) is 12.2. The molecule has 4 aromatic rings. The number of nitrogens with zero attached hydrogens (tertiary/aromatic N) is 3. The highest BCUT2D eigenvalue weighted by atomic mass is 19.1. The summed E-state index contributed by atoms with van der Waals surface area (Å²) >= 11 is 0. The predicted molar refractivity (Wildman–Crippen MR) is 121 cm³/mol. The highest BCUT2D eigenvalue weighted by molar-refractivity contribution is 5.78. The molecule has 2 N–H and O–H groups in total. The van der Waals surface area contributed by atoms with Crippen LogP contribution in [0.1, 0.15) is 34.8 Å². The molecule has 162 valence electrons. The average molecular weight is 429 g/mol. The van der Waals surface area contributed by atoms with E-state index in [1.165, 1.54) is 18.1 Å². The first-order chi connectivity index (χ1) is 15.7. The van der Waals surface area contributed by atoms with Crippen LogP contribution in [0.3, 0.4) is 0 Å². The zero-order valence-corrected chi connectivity index (χ0v) is 17.9. The van der Waals surface area contributed by atoms with Crippen molar-refractivity contribution < 1.29 is 9.13 Å². The Morgan fingerprint density at radius 3 is 2.84 bits per heavy atom. The van der Waals surface area contributed by atoms with Gasteiger partial charge in [0.25, 0.3) is 0 Å². The van der Waals surface area contributed by atoms with Gasteiger partial charge in [-0.15, -0.1) is 0 Å². The minimum atomic E-state index is -0.225. The van der Waals surface area contributed by atoms with E-state index in [0.29, 0.717) is 30.7 Å². The van der Waals surface area contributed by atoms with Crippen LogP contribution >= 0.6 is 0 Å². The van der Waals surface area contributed by atoms with Gasteiger partial charge in [-0.1, -0.05) is 24.3 Å². The van der Waals surface area contributed by atoms with Gasteiger partial charge in [0.1, 0.15) is 17.2 Å². The van der Waals surface area contributed by atoms with Gasteiger partial charge in [0, 0.05) is 48.1 Å². The van der Waals surface area contributed by atoms with E-state index in [9.17, 15) is 4.39 Å². The lowest BCUT2D eigenvalue weighted by Gasteiger charge is -2.28. The zero-order valence-electron chi connectivity index (χ0n) is 17.9. The quantitative estimate of drug-likeness (QED) is 0.492. The normalized spacial score (nSPS) is 17.1. The van der Waals surface area contributed by atoms with E-state index in [1.807, 2.05) is 23.7 Å². The molecule has 0 saturated carbocycles. The van der Waals surface area contributed by atoms with Crippen LogP contribution in [0.2, 0.25) is 0 Å². The second-order valence-electron chi connectivity index (χ2n) is 8.44. The Hall–Kier alpha value is -3.45. The standard InChI is InChI=1S/C25H24FN5O/c1-15-14-31-24(30-15)19(16-2-4-17(5-3-16)22-8-10-27-22)12-28-25(31)29-13-20-18-9-11-32-23(18)7-6-21(20)26/h2-7,12,14,22,27H,8-11,13H2,1H3,(H,28,29). The molecule has 1 unspecified atom stereocenters. The van der Waals surface area contributed by atoms with Crippen molar-refractivity contribution >= 4 is 11.6 Å². The Balaban J connectivity index is 1.32. The van der Waals surface area contributed by atoms with Gasteiger partial charge in [-0.05, 0) is 43.1 Å². The van der Waals surface area contributed by atoms with Gasteiger partial charge >= 0.3 is 0 Å². The molecule has 2 aliphatic rings. The summed E-state index contributed by atoms with van der Waals surface area (Å²) in [5, 5.41) is 6.75. The van der Waals surface area contributed by atoms with E-state index >= 15 is 0 Å². The minimum Gasteiger partial charge on any atom is -0.493 e. The monoisotopic (exact) mass is 429 g/mol. The average Bonchev–Trinajstić information content (AvgIpc) is 3.38. The maximum absolute atomic E-state index is 14.5. The van der Waals surface area contributed by atoms with Crippen LogP contribution in [-0.2, 0) is 13.0 Å². The Morgan fingerprint density at radius 1 is 1.22 bits per heavy atom. The summed E-state index contributed by atoms with van der Waals surface area (Å²) in [5.74, 6) is 1.18. The van der Waals surface area contributed by atoms with Crippen molar-refractivity contribution in [2.75, 3.05) is 18.5 Å². The smallest absolute Gasteiger partial charge is 0.208 e. The van der Waals surface area contributed by atoms with Crippen LogP contribution in [0.15, 0.2) is 48.8 Å². The third kappa shape index (κ3) is 3.20. The molecule has 2 aromatic carbocycles. The summed E-state index contributed by atoms with van der Waals surface area (Å²) in [6.07, 6.45) is 5.70. The molecule has 2 aromatic heterocycles. The number of hydrogen-bond acceptors (Lipinski definition) is 5. The number of imidazole rings is 1. The van der Waals surface area contributed by atoms with Gasteiger partial charge in [0.15, 0.2) is 0 Å². The summed E-state index contributed by atoms with van der Waals surface area (Å²) < 4.78 is 22.1. The zero-order chi connectivity index (χ0) is 21.7. The lowest BCUT2D eigenvalue weighted by atomic mass is 9.96. The minimum absolute atomic E-state index is 0.225. The SMILES string of the molecule is Cc1cn2c(NCc3c(F)ccc4c3CCO4)ncc(-c3ccc(C4CCN4)cc3)c2n1. The number of benzene rings is 2. The Labute approximate surface area is 185 Å². The number of fused-ring (bicyclic) bond motifs is 2. The number of nitrogens with one attached hydrogen (secondary N) is 2. The highest BCUT2D eigenvalue weighted by Gasteiger charge is 2.21. The van der Waals surface area contributed by atoms with Crippen molar-refractivity contribution in [3.05, 3.63) is 77.0 Å². The van der Waals surface area contributed by atoms with E-state index in [-0.39, 0.29) is 5.82 Å². The Bertz CT molecular complexity index is 1310. The predicted octanol–water partition coefficient (Wildman–Crippen LogP) is 4.43. The van der Waals surface area contributed by atoms with Crippen molar-refractivity contribution in [3.8, 4) is 16.9 Å². The fourth-order valence-corrected chi connectivity index (χ4v) is 4.57. The summed E-state index contributed by atoms with van der Waals surface area (Å²) in [5.41, 5.74) is 6.66. The molecule has 0 spiro atoms. The Kier molecular flexibility index (Phi) is 4.57. The van der Waals surface area contributed by atoms with Crippen molar-refractivity contribution in [3.63, 3.8) is 0 Å². The van der Waals surface area contributed by atoms with E-state index < -0.39 is 0 Å². The van der Waals surface area contributed by atoms with Gasteiger partial charge in [0.2, 0.25) is 5.95 Å². The summed E-state index contributed by atoms with van der Waals surface area (Å²) in [4.78, 5) is 9.41. The summed E-state index contributed by atoms with van der Waals surface area (Å²) in [6.45, 7) is 3.98. The largest absolute Gasteiger partial charge is 0.493 e. The lowest BCUT2D eigenvalue weighted by molar-refractivity contribution is 0.356. The molecule has 7 heteroatoms. The lowest BCUT2D eigenvalue weighted by Crippen LogP contribution is -2.34. The number of anilines is 1. The summed E-state index contributed by atoms with van der Waals surface area (Å²) in [7, 11) is 0. The van der Waals surface area contributed by atoms with Gasteiger partial charge < -0.3 is 15.4 Å².